The van der Waals surface area contributed by atoms with Crippen LogP contribution in [0.15, 0.2) is 82.8 Å². The molecule has 0 aliphatic carbocycles. The Hall–Kier alpha value is -4.24. The van der Waals surface area contributed by atoms with Crippen LogP contribution in [-0.2, 0) is 26.1 Å². The van der Waals surface area contributed by atoms with E-state index in [1.54, 1.807) is 4.57 Å². The number of nitrogens with zero attached hydrogens (tertiary/aromatic N) is 4. The van der Waals surface area contributed by atoms with Crippen LogP contribution in [0.25, 0.3) is 5.69 Å². The quantitative estimate of drug-likeness (QED) is 0.220. The zero-order valence-electron chi connectivity index (χ0n) is 24.9. The largest absolute Gasteiger partial charge is 0.494 e. The number of thioether (sulfide) groups is 1. The fourth-order valence-electron chi connectivity index (χ4n) is 4.65. The van der Waals surface area contributed by atoms with Gasteiger partial charge in [0.05, 0.1) is 37.0 Å². The van der Waals surface area contributed by atoms with E-state index in [1.165, 1.54) is 40.3 Å². The Labute approximate surface area is 266 Å². The van der Waals surface area contributed by atoms with Gasteiger partial charge in [-0.05, 0) is 80.1 Å². The molecule has 236 valence electrons. The van der Waals surface area contributed by atoms with Gasteiger partial charge >= 0.3 is 0 Å². The molecule has 3 aromatic carbocycles. The number of rotatable bonds is 12. The summed E-state index contributed by atoms with van der Waals surface area (Å²) in [5, 5.41) is 14.8. The third kappa shape index (κ3) is 8.08. The number of benzene rings is 3. The molecule has 0 atom stereocenters. The molecule has 0 saturated carbocycles. The van der Waals surface area contributed by atoms with Gasteiger partial charge in [0, 0.05) is 30.0 Å². The molecule has 12 nitrogen and oxygen atoms in total. The summed E-state index contributed by atoms with van der Waals surface area (Å²) in [6.45, 7) is 5.69. The van der Waals surface area contributed by atoms with Crippen LogP contribution in [0.2, 0.25) is 0 Å². The zero-order chi connectivity index (χ0) is 31.8. The molecule has 0 unspecified atom stereocenters. The maximum atomic E-state index is 13.0. The van der Waals surface area contributed by atoms with Gasteiger partial charge < -0.3 is 20.1 Å². The Kier molecular flexibility index (Phi) is 10.5. The number of aromatic nitrogens is 3. The summed E-state index contributed by atoms with van der Waals surface area (Å²) in [4.78, 5) is 25.9. The molecule has 1 saturated heterocycles. The summed E-state index contributed by atoms with van der Waals surface area (Å²) in [5.74, 6) is 0.643. The Balaban J connectivity index is 1.29. The Morgan fingerprint density at radius 1 is 1.00 bits per heavy atom. The predicted molar refractivity (Wildman–Crippen MR) is 170 cm³/mol. The number of carbonyl (C=O) groups excluding carboxylic acids is 2. The standard InChI is InChI=1S/C31H34N6O6S2/c1-3-43-26-11-9-25(10-12-26)37-28(34-35-31(37)44-21-29(38)33-24-6-4-5-22(2)19-24)20-32-30(39)23-7-13-27(14-8-23)45(40,41)36-15-17-42-18-16-36/h4-14,19H,3,15-18,20-21H2,1-2H3,(H,32,39)(H,33,38). The molecule has 0 radical (unpaired) electrons. The number of ether oxygens (including phenoxy) is 2. The average Bonchev–Trinajstić information content (AvgIpc) is 3.46. The van der Waals surface area contributed by atoms with Crippen molar-refractivity contribution in [3.05, 3.63) is 89.7 Å². The minimum Gasteiger partial charge on any atom is -0.494 e. The van der Waals surface area contributed by atoms with Crippen LogP contribution in [0, 0.1) is 6.92 Å². The van der Waals surface area contributed by atoms with E-state index >= 15 is 0 Å². The molecule has 2 amide bonds. The topological polar surface area (TPSA) is 145 Å². The first kappa shape index (κ1) is 32.2. The first-order valence-electron chi connectivity index (χ1n) is 14.4. The van der Waals surface area contributed by atoms with Gasteiger partial charge in [-0.3, -0.25) is 14.2 Å². The van der Waals surface area contributed by atoms with E-state index in [-0.39, 0.29) is 36.2 Å². The van der Waals surface area contributed by atoms with E-state index in [2.05, 4.69) is 20.8 Å². The van der Waals surface area contributed by atoms with E-state index in [9.17, 15) is 18.0 Å². The van der Waals surface area contributed by atoms with E-state index < -0.39 is 15.9 Å². The maximum absolute atomic E-state index is 13.0. The molecule has 45 heavy (non-hydrogen) atoms. The van der Waals surface area contributed by atoms with Gasteiger partial charge in [-0.25, -0.2) is 8.42 Å². The van der Waals surface area contributed by atoms with Gasteiger partial charge in [0.25, 0.3) is 5.91 Å². The van der Waals surface area contributed by atoms with Crippen LogP contribution < -0.4 is 15.4 Å². The highest BCUT2D eigenvalue weighted by Gasteiger charge is 2.26. The number of hydrogen-bond acceptors (Lipinski definition) is 9. The molecule has 14 heteroatoms. The second-order valence-corrected chi connectivity index (χ2v) is 13.0. The average molecular weight is 651 g/mol. The Morgan fingerprint density at radius 2 is 1.73 bits per heavy atom. The Bertz CT molecular complexity index is 1740. The van der Waals surface area contributed by atoms with Crippen molar-refractivity contribution >= 4 is 39.3 Å². The molecule has 4 aromatic rings. The van der Waals surface area contributed by atoms with Crippen LogP contribution in [0.4, 0.5) is 5.69 Å². The van der Waals surface area contributed by atoms with E-state index in [0.29, 0.717) is 47.8 Å². The number of nitrogens with one attached hydrogen (secondary N) is 2. The van der Waals surface area contributed by atoms with Crippen molar-refractivity contribution in [3.8, 4) is 11.4 Å². The molecule has 5 rings (SSSR count). The van der Waals surface area contributed by atoms with Crippen LogP contribution >= 0.6 is 11.8 Å². The number of amides is 2. The first-order chi connectivity index (χ1) is 21.7. The number of aryl methyl sites for hydroxylation is 1. The van der Waals surface area contributed by atoms with Crippen molar-refractivity contribution in [3.63, 3.8) is 0 Å². The lowest BCUT2D eigenvalue weighted by molar-refractivity contribution is -0.113. The van der Waals surface area contributed by atoms with Crippen molar-refractivity contribution in [2.45, 2.75) is 30.4 Å². The molecule has 1 aromatic heterocycles. The molecular weight excluding hydrogens is 617 g/mol. The van der Waals surface area contributed by atoms with Crippen molar-refractivity contribution < 1.29 is 27.5 Å². The lowest BCUT2D eigenvalue weighted by Crippen LogP contribution is -2.40. The number of carbonyl (C=O) groups is 2. The van der Waals surface area contributed by atoms with Gasteiger partial charge in [-0.1, -0.05) is 23.9 Å². The smallest absolute Gasteiger partial charge is 0.251 e. The highest BCUT2D eigenvalue weighted by atomic mass is 32.2. The minimum atomic E-state index is -3.67. The van der Waals surface area contributed by atoms with Crippen LogP contribution in [0.1, 0.15) is 28.7 Å². The van der Waals surface area contributed by atoms with Gasteiger partial charge in [-0.15, -0.1) is 10.2 Å². The minimum absolute atomic E-state index is 0.0307. The van der Waals surface area contributed by atoms with Crippen molar-refractivity contribution in [2.24, 2.45) is 0 Å². The number of morpholine rings is 1. The fourth-order valence-corrected chi connectivity index (χ4v) is 6.83. The molecule has 0 bridgehead atoms. The van der Waals surface area contributed by atoms with Gasteiger partial charge in [0.2, 0.25) is 15.9 Å². The number of hydrogen-bond donors (Lipinski definition) is 2. The van der Waals surface area contributed by atoms with Gasteiger partial charge in [0.15, 0.2) is 11.0 Å². The lowest BCUT2D eigenvalue weighted by Gasteiger charge is -2.26. The summed E-state index contributed by atoms with van der Waals surface area (Å²) < 4.78 is 39.8. The highest BCUT2D eigenvalue weighted by Crippen LogP contribution is 2.25. The summed E-state index contributed by atoms with van der Waals surface area (Å²) in [5.41, 5.74) is 2.78. The second-order valence-electron chi connectivity index (χ2n) is 10.1. The molecule has 0 spiro atoms. The molecule has 1 aliphatic heterocycles. The lowest BCUT2D eigenvalue weighted by atomic mass is 10.2. The summed E-state index contributed by atoms with van der Waals surface area (Å²) in [7, 11) is -3.67. The Morgan fingerprint density at radius 3 is 2.42 bits per heavy atom. The molecule has 2 heterocycles. The van der Waals surface area contributed by atoms with Crippen molar-refractivity contribution in [2.75, 3.05) is 44.0 Å². The van der Waals surface area contributed by atoms with Gasteiger partial charge in [0.1, 0.15) is 5.75 Å². The van der Waals surface area contributed by atoms with E-state index in [0.717, 1.165) is 11.3 Å². The molecule has 1 aliphatic rings. The number of anilines is 1. The SMILES string of the molecule is CCOc1ccc(-n2c(CNC(=O)c3ccc(S(=O)(=O)N4CCOCC4)cc3)nnc2SCC(=O)Nc2cccc(C)c2)cc1. The predicted octanol–water partition coefficient (Wildman–Crippen LogP) is 3.66. The second kappa shape index (κ2) is 14.7. The maximum Gasteiger partial charge on any atom is 0.251 e. The van der Waals surface area contributed by atoms with E-state index in [4.69, 9.17) is 9.47 Å². The third-order valence-electron chi connectivity index (χ3n) is 6.87. The first-order valence-corrected chi connectivity index (χ1v) is 16.8. The van der Waals surface area contributed by atoms with Crippen LogP contribution in [-0.4, -0.2) is 78.0 Å². The summed E-state index contributed by atoms with van der Waals surface area (Å²) >= 11 is 1.22. The highest BCUT2D eigenvalue weighted by molar-refractivity contribution is 7.99. The molecular formula is C31H34N6O6S2. The van der Waals surface area contributed by atoms with Crippen LogP contribution in [0.3, 0.4) is 0 Å². The van der Waals surface area contributed by atoms with Crippen molar-refractivity contribution in [1.29, 1.82) is 0 Å². The normalized spacial score (nSPS) is 13.7. The van der Waals surface area contributed by atoms with Crippen LogP contribution in [0.5, 0.6) is 5.75 Å². The monoisotopic (exact) mass is 650 g/mol. The summed E-state index contributed by atoms with van der Waals surface area (Å²) in [6, 6.07) is 20.7. The molecule has 1 fully saturated rings. The molecule has 2 N–H and O–H groups in total. The summed E-state index contributed by atoms with van der Waals surface area (Å²) in [6.07, 6.45) is 0. The van der Waals surface area contributed by atoms with E-state index in [1.807, 2.05) is 62.4 Å². The van der Waals surface area contributed by atoms with Crippen molar-refractivity contribution in [1.82, 2.24) is 24.4 Å². The zero-order valence-corrected chi connectivity index (χ0v) is 26.6. The fraction of sp³-hybridized carbons (Fsp3) is 0.290. The van der Waals surface area contributed by atoms with Gasteiger partial charge in [-0.2, -0.15) is 4.31 Å². The number of sulfonamides is 1. The third-order valence-corrected chi connectivity index (χ3v) is 9.71.